The minimum atomic E-state index is -0.876. The molecule has 0 saturated heterocycles. The van der Waals surface area contributed by atoms with Crippen molar-refractivity contribution >= 4 is 35.0 Å². The predicted molar refractivity (Wildman–Crippen MR) is 128 cm³/mol. The van der Waals surface area contributed by atoms with Crippen LogP contribution in [0.3, 0.4) is 0 Å². The van der Waals surface area contributed by atoms with E-state index in [1.165, 1.54) is 11.3 Å². The number of benzene rings is 2. The minimum absolute atomic E-state index is 0.0988. The van der Waals surface area contributed by atoms with Crippen LogP contribution in [0.25, 0.3) is 0 Å². The average Bonchev–Trinajstić information content (AvgIpc) is 3.35. The average molecular weight is 467 g/mol. The Morgan fingerprint density at radius 3 is 2.48 bits per heavy atom. The summed E-state index contributed by atoms with van der Waals surface area (Å²) in [5, 5.41) is 8.83. The Hall–Kier alpha value is -3.65. The van der Waals surface area contributed by atoms with Gasteiger partial charge < -0.3 is 20.1 Å². The molecular formula is C25H26N2O5S. The molecule has 1 aromatic heterocycles. The molecule has 0 radical (unpaired) electrons. The number of nitrogens with one attached hydrogen (secondary N) is 2. The van der Waals surface area contributed by atoms with Crippen molar-refractivity contribution in [3.63, 3.8) is 0 Å². The lowest BCUT2D eigenvalue weighted by Crippen LogP contribution is -2.42. The zero-order chi connectivity index (χ0) is 23.8. The van der Waals surface area contributed by atoms with E-state index in [0.29, 0.717) is 17.7 Å². The zero-order valence-electron chi connectivity index (χ0n) is 18.7. The molecule has 3 rings (SSSR count). The number of anilines is 1. The molecule has 1 heterocycles. The minimum Gasteiger partial charge on any atom is -0.445 e. The van der Waals surface area contributed by atoms with Gasteiger partial charge in [-0.15, -0.1) is 0 Å². The summed E-state index contributed by atoms with van der Waals surface area (Å²) < 4.78 is 10.8. The van der Waals surface area contributed by atoms with Gasteiger partial charge in [0.15, 0.2) is 5.75 Å². The van der Waals surface area contributed by atoms with Gasteiger partial charge in [-0.1, -0.05) is 43.3 Å². The molecule has 0 fully saturated rings. The smallest absolute Gasteiger partial charge is 0.408 e. The van der Waals surface area contributed by atoms with Gasteiger partial charge in [0.1, 0.15) is 12.6 Å². The normalized spacial score (nSPS) is 11.4. The van der Waals surface area contributed by atoms with E-state index < -0.39 is 24.0 Å². The van der Waals surface area contributed by atoms with Crippen molar-refractivity contribution in [3.8, 4) is 5.75 Å². The van der Waals surface area contributed by atoms with E-state index in [1.807, 2.05) is 50.2 Å². The highest BCUT2D eigenvalue weighted by Crippen LogP contribution is 2.32. The van der Waals surface area contributed by atoms with E-state index >= 15 is 0 Å². The SMILES string of the molecule is CCc1c(C)ccc(OC(=O)c2ccsc2)c1NC(=O)[C@H](C)NC(=O)OCc1ccccc1. The lowest BCUT2D eigenvalue weighted by Gasteiger charge is -2.19. The van der Waals surface area contributed by atoms with Gasteiger partial charge in [-0.25, -0.2) is 9.59 Å². The molecule has 0 aliphatic heterocycles. The molecule has 3 aromatic rings. The van der Waals surface area contributed by atoms with E-state index in [1.54, 1.807) is 29.8 Å². The van der Waals surface area contributed by atoms with Crippen molar-refractivity contribution in [3.05, 3.63) is 81.5 Å². The number of hydrogen-bond acceptors (Lipinski definition) is 6. The third kappa shape index (κ3) is 6.43. The van der Waals surface area contributed by atoms with Gasteiger partial charge in [0.2, 0.25) is 5.91 Å². The molecule has 0 spiro atoms. The standard InChI is InChI=1S/C25H26N2O5S/c1-4-20-16(2)10-11-21(32-24(29)19-12-13-33-15-19)22(20)27-23(28)17(3)26-25(30)31-14-18-8-6-5-7-9-18/h5-13,15,17H,4,14H2,1-3H3,(H,26,30)(H,27,28)/t17-/m0/s1. The van der Waals surface area contributed by atoms with Gasteiger partial charge in [-0.05, 0) is 54.5 Å². The lowest BCUT2D eigenvalue weighted by molar-refractivity contribution is -0.117. The summed E-state index contributed by atoms with van der Waals surface area (Å²) in [6.07, 6.45) is -0.0859. The number of hydrogen-bond donors (Lipinski definition) is 2. The third-order valence-corrected chi connectivity index (χ3v) is 5.69. The highest BCUT2D eigenvalue weighted by Gasteiger charge is 2.22. The van der Waals surface area contributed by atoms with Crippen LogP contribution in [0.2, 0.25) is 0 Å². The molecule has 0 saturated carbocycles. The molecule has 0 aliphatic carbocycles. The molecule has 8 heteroatoms. The number of rotatable bonds is 8. The fraction of sp³-hybridized carbons (Fsp3) is 0.240. The first kappa shape index (κ1) is 24.0. The summed E-state index contributed by atoms with van der Waals surface area (Å²) in [5.74, 6) is -0.714. The van der Waals surface area contributed by atoms with Crippen molar-refractivity contribution in [2.24, 2.45) is 0 Å². The molecule has 0 bridgehead atoms. The van der Waals surface area contributed by atoms with Gasteiger partial charge in [0.05, 0.1) is 11.3 Å². The zero-order valence-corrected chi connectivity index (χ0v) is 19.5. The first-order chi connectivity index (χ1) is 15.9. The molecule has 0 unspecified atom stereocenters. The van der Waals surface area contributed by atoms with Crippen LogP contribution in [0, 0.1) is 6.92 Å². The molecule has 2 aromatic carbocycles. The van der Waals surface area contributed by atoms with E-state index in [4.69, 9.17) is 9.47 Å². The topological polar surface area (TPSA) is 93.7 Å². The molecule has 172 valence electrons. The van der Waals surface area contributed by atoms with Crippen LogP contribution in [0.5, 0.6) is 5.75 Å². The van der Waals surface area contributed by atoms with Crippen molar-refractivity contribution in [2.45, 2.75) is 39.8 Å². The fourth-order valence-electron chi connectivity index (χ4n) is 3.19. The van der Waals surface area contributed by atoms with E-state index in [2.05, 4.69) is 10.6 Å². The van der Waals surface area contributed by atoms with Crippen molar-refractivity contribution in [2.75, 3.05) is 5.32 Å². The van der Waals surface area contributed by atoms with Gasteiger partial charge in [0.25, 0.3) is 0 Å². The molecule has 7 nitrogen and oxygen atoms in total. The van der Waals surface area contributed by atoms with Crippen LogP contribution < -0.4 is 15.4 Å². The maximum Gasteiger partial charge on any atom is 0.408 e. The monoisotopic (exact) mass is 466 g/mol. The number of thiophene rings is 1. The Kier molecular flexibility index (Phi) is 8.21. The van der Waals surface area contributed by atoms with Gasteiger partial charge >= 0.3 is 12.1 Å². The van der Waals surface area contributed by atoms with Crippen LogP contribution in [-0.4, -0.2) is 24.0 Å². The first-order valence-electron chi connectivity index (χ1n) is 10.5. The Morgan fingerprint density at radius 1 is 1.06 bits per heavy atom. The number of amides is 2. The number of alkyl carbamates (subject to hydrolysis) is 1. The molecular weight excluding hydrogens is 440 g/mol. The van der Waals surface area contributed by atoms with Crippen molar-refractivity contribution in [1.29, 1.82) is 0 Å². The Labute approximate surface area is 196 Å². The van der Waals surface area contributed by atoms with E-state index in [9.17, 15) is 14.4 Å². The highest BCUT2D eigenvalue weighted by atomic mass is 32.1. The lowest BCUT2D eigenvalue weighted by atomic mass is 10.0. The predicted octanol–water partition coefficient (Wildman–Crippen LogP) is 5.09. The Bertz CT molecular complexity index is 1110. The summed E-state index contributed by atoms with van der Waals surface area (Å²) in [5.41, 5.74) is 3.49. The maximum atomic E-state index is 12.8. The second kappa shape index (κ2) is 11.3. The quantitative estimate of drug-likeness (QED) is 0.356. The van der Waals surface area contributed by atoms with Crippen LogP contribution >= 0.6 is 11.3 Å². The van der Waals surface area contributed by atoms with Crippen LogP contribution in [0.4, 0.5) is 10.5 Å². The Balaban J connectivity index is 1.68. The largest absolute Gasteiger partial charge is 0.445 e. The van der Waals surface area contributed by atoms with Crippen molar-refractivity contribution < 1.29 is 23.9 Å². The highest BCUT2D eigenvalue weighted by molar-refractivity contribution is 7.08. The van der Waals surface area contributed by atoms with E-state index in [0.717, 1.165) is 16.7 Å². The summed E-state index contributed by atoms with van der Waals surface area (Å²) >= 11 is 1.39. The summed E-state index contributed by atoms with van der Waals surface area (Å²) in [6.45, 7) is 5.52. The Morgan fingerprint density at radius 2 is 1.82 bits per heavy atom. The number of esters is 1. The van der Waals surface area contributed by atoms with Crippen LogP contribution in [0.15, 0.2) is 59.3 Å². The van der Waals surface area contributed by atoms with Gasteiger partial charge in [-0.2, -0.15) is 11.3 Å². The fourth-order valence-corrected chi connectivity index (χ4v) is 3.81. The van der Waals surface area contributed by atoms with Gasteiger partial charge in [-0.3, -0.25) is 4.79 Å². The third-order valence-electron chi connectivity index (χ3n) is 5.01. The van der Waals surface area contributed by atoms with Crippen molar-refractivity contribution in [1.82, 2.24) is 5.32 Å². The second-order valence-corrected chi connectivity index (χ2v) is 8.19. The van der Waals surface area contributed by atoms with E-state index in [-0.39, 0.29) is 12.4 Å². The van der Waals surface area contributed by atoms with Gasteiger partial charge in [0, 0.05) is 5.38 Å². The van der Waals surface area contributed by atoms with Crippen LogP contribution in [-0.2, 0) is 22.6 Å². The number of aryl methyl sites for hydroxylation is 1. The maximum absolute atomic E-state index is 12.8. The molecule has 2 amide bonds. The number of carbonyl (C=O) groups excluding carboxylic acids is 3. The molecule has 33 heavy (non-hydrogen) atoms. The summed E-state index contributed by atoms with van der Waals surface area (Å²) in [4.78, 5) is 37.4. The molecule has 2 N–H and O–H groups in total. The van der Waals surface area contributed by atoms with Crippen LogP contribution in [0.1, 0.15) is 40.9 Å². The summed E-state index contributed by atoms with van der Waals surface area (Å²) in [7, 11) is 0. The number of carbonyl (C=O) groups is 3. The molecule has 1 atom stereocenters. The first-order valence-corrected chi connectivity index (χ1v) is 11.5. The number of ether oxygens (including phenoxy) is 2. The molecule has 0 aliphatic rings. The summed E-state index contributed by atoms with van der Waals surface area (Å²) in [6, 6.07) is 13.5. The second-order valence-electron chi connectivity index (χ2n) is 7.41.